The normalized spacial score (nSPS) is 14.5. The highest BCUT2D eigenvalue weighted by Gasteiger charge is 2.23. The number of H-pyrrole nitrogens is 1. The molecular formula is C25H27ClN6O3. The maximum Gasteiger partial charge on any atom is 0.329 e. The van der Waals surface area contributed by atoms with E-state index in [-0.39, 0.29) is 0 Å². The zero-order valence-corrected chi connectivity index (χ0v) is 20.5. The molecule has 1 aliphatic rings. The molecule has 0 aliphatic carbocycles. The van der Waals surface area contributed by atoms with Gasteiger partial charge in [0, 0.05) is 43.9 Å². The lowest BCUT2D eigenvalue weighted by molar-refractivity contribution is 0.241. The van der Waals surface area contributed by atoms with Crippen LogP contribution >= 0.6 is 11.6 Å². The molecule has 1 saturated heterocycles. The van der Waals surface area contributed by atoms with Gasteiger partial charge in [-0.15, -0.1) is 0 Å². The molecule has 9 nitrogen and oxygen atoms in total. The Kier molecular flexibility index (Phi) is 6.36. The number of aromatic amines is 1. The number of nitrogens with one attached hydrogen (secondary N) is 1. The number of imidazole rings is 1. The lowest BCUT2D eigenvalue weighted by Gasteiger charge is -2.36. The average Bonchev–Trinajstić information content (AvgIpc) is 3.23. The molecule has 0 atom stereocenters. The van der Waals surface area contributed by atoms with Gasteiger partial charge in [-0.2, -0.15) is 0 Å². The summed E-state index contributed by atoms with van der Waals surface area (Å²) in [5, 5.41) is 0.620. The zero-order chi connectivity index (χ0) is 24.5. The van der Waals surface area contributed by atoms with E-state index in [0.717, 1.165) is 49.0 Å². The van der Waals surface area contributed by atoms with Crippen LogP contribution < -0.4 is 20.9 Å². The Balaban J connectivity index is 1.42. The van der Waals surface area contributed by atoms with Crippen LogP contribution in [0.4, 0.5) is 5.69 Å². The number of methoxy groups -OCH3 is 1. The average molecular weight is 495 g/mol. The molecule has 2 aromatic carbocycles. The predicted molar refractivity (Wildman–Crippen MR) is 137 cm³/mol. The number of aromatic nitrogens is 4. The van der Waals surface area contributed by atoms with E-state index in [1.54, 1.807) is 14.2 Å². The van der Waals surface area contributed by atoms with Crippen LogP contribution in [0.3, 0.4) is 0 Å². The van der Waals surface area contributed by atoms with Gasteiger partial charge in [-0.25, -0.2) is 9.78 Å². The Morgan fingerprint density at radius 3 is 2.40 bits per heavy atom. The third-order valence-corrected chi connectivity index (χ3v) is 6.92. The highest BCUT2D eigenvalue weighted by molar-refractivity contribution is 6.31. The minimum Gasteiger partial charge on any atom is -0.497 e. The Hall–Kier alpha value is -3.56. The maximum atomic E-state index is 12.8. The first kappa shape index (κ1) is 23.2. The topological polar surface area (TPSA) is 88.4 Å². The van der Waals surface area contributed by atoms with E-state index in [1.165, 1.54) is 4.57 Å². The van der Waals surface area contributed by atoms with E-state index in [1.807, 2.05) is 41.0 Å². The van der Waals surface area contributed by atoms with E-state index in [4.69, 9.17) is 21.3 Å². The van der Waals surface area contributed by atoms with Crippen molar-refractivity contribution in [1.82, 2.24) is 24.0 Å². The lowest BCUT2D eigenvalue weighted by atomic mass is 10.2. The Labute approximate surface area is 207 Å². The van der Waals surface area contributed by atoms with Gasteiger partial charge in [0.1, 0.15) is 11.6 Å². The van der Waals surface area contributed by atoms with Gasteiger partial charge in [-0.3, -0.25) is 19.2 Å². The minimum atomic E-state index is -0.482. The molecule has 10 heteroatoms. The molecule has 0 bridgehead atoms. The van der Waals surface area contributed by atoms with Crippen molar-refractivity contribution in [2.24, 2.45) is 7.05 Å². The van der Waals surface area contributed by atoms with Crippen molar-refractivity contribution >= 4 is 28.5 Å². The molecule has 5 rings (SSSR count). The van der Waals surface area contributed by atoms with E-state index in [0.29, 0.717) is 29.3 Å². The Morgan fingerprint density at radius 2 is 1.71 bits per heavy atom. The Morgan fingerprint density at radius 1 is 1.00 bits per heavy atom. The van der Waals surface area contributed by atoms with E-state index in [9.17, 15) is 9.59 Å². The van der Waals surface area contributed by atoms with Gasteiger partial charge in [-0.05, 0) is 35.9 Å². The molecule has 3 heterocycles. The summed E-state index contributed by atoms with van der Waals surface area (Å²) >= 11 is 6.43. The van der Waals surface area contributed by atoms with Crippen molar-refractivity contribution in [3.8, 4) is 5.75 Å². The van der Waals surface area contributed by atoms with Crippen molar-refractivity contribution in [2.75, 3.05) is 38.2 Å². The van der Waals surface area contributed by atoms with Gasteiger partial charge in [0.2, 0.25) is 0 Å². The van der Waals surface area contributed by atoms with Crippen molar-refractivity contribution in [1.29, 1.82) is 0 Å². The number of anilines is 1. The van der Waals surface area contributed by atoms with Gasteiger partial charge < -0.3 is 14.2 Å². The van der Waals surface area contributed by atoms with Crippen molar-refractivity contribution in [3.05, 3.63) is 85.8 Å². The highest BCUT2D eigenvalue weighted by atomic mass is 35.5. The van der Waals surface area contributed by atoms with Crippen LogP contribution in [0.25, 0.3) is 11.2 Å². The summed E-state index contributed by atoms with van der Waals surface area (Å²) in [6.45, 7) is 4.38. The number of benzene rings is 2. The molecule has 0 amide bonds. The largest absolute Gasteiger partial charge is 0.497 e. The van der Waals surface area contributed by atoms with Crippen LogP contribution in [0, 0.1) is 0 Å². The van der Waals surface area contributed by atoms with Crippen LogP contribution in [0.15, 0.2) is 58.1 Å². The second kappa shape index (κ2) is 9.59. The smallest absolute Gasteiger partial charge is 0.329 e. The molecule has 2 aromatic heterocycles. The predicted octanol–water partition coefficient (Wildman–Crippen LogP) is 2.46. The lowest BCUT2D eigenvalue weighted by Crippen LogP contribution is -2.46. The summed E-state index contributed by atoms with van der Waals surface area (Å²) in [7, 11) is 3.28. The van der Waals surface area contributed by atoms with Gasteiger partial charge in [0.15, 0.2) is 11.2 Å². The molecule has 1 N–H and O–H groups in total. The summed E-state index contributed by atoms with van der Waals surface area (Å²) in [4.78, 5) is 36.8. The number of piperazine rings is 1. The number of ether oxygens (including phenoxy) is 1. The van der Waals surface area contributed by atoms with Crippen molar-refractivity contribution < 1.29 is 4.74 Å². The van der Waals surface area contributed by atoms with Crippen LogP contribution in [-0.2, 0) is 20.1 Å². The van der Waals surface area contributed by atoms with E-state index < -0.39 is 11.2 Å². The van der Waals surface area contributed by atoms with Crippen LogP contribution in [-0.4, -0.2) is 57.3 Å². The molecule has 0 saturated carbocycles. The summed E-state index contributed by atoms with van der Waals surface area (Å²) in [6, 6.07) is 15.6. The van der Waals surface area contributed by atoms with Crippen LogP contribution in [0.2, 0.25) is 5.02 Å². The van der Waals surface area contributed by atoms with Crippen LogP contribution in [0.5, 0.6) is 5.75 Å². The number of nitrogens with zero attached hydrogens (tertiary/aromatic N) is 5. The molecule has 1 fully saturated rings. The number of rotatable bonds is 6. The number of halogens is 1. The molecule has 1 aliphatic heterocycles. The molecule has 35 heavy (non-hydrogen) atoms. The summed E-state index contributed by atoms with van der Waals surface area (Å²) in [6.07, 6.45) is 0. The molecule has 0 radical (unpaired) electrons. The van der Waals surface area contributed by atoms with Gasteiger partial charge in [0.05, 0.1) is 20.2 Å². The first-order valence-corrected chi connectivity index (χ1v) is 11.9. The fraction of sp³-hybridized carbons (Fsp3) is 0.320. The van der Waals surface area contributed by atoms with Gasteiger partial charge in [-0.1, -0.05) is 29.8 Å². The maximum absolute atomic E-state index is 12.8. The molecule has 0 unspecified atom stereocenters. The van der Waals surface area contributed by atoms with Crippen molar-refractivity contribution in [2.45, 2.75) is 13.1 Å². The second-order valence-corrected chi connectivity index (χ2v) is 9.06. The fourth-order valence-corrected chi connectivity index (χ4v) is 4.72. The number of fused-ring (bicyclic) bond motifs is 1. The second-order valence-electron chi connectivity index (χ2n) is 8.66. The number of aryl methyl sites for hydroxylation is 1. The van der Waals surface area contributed by atoms with E-state index >= 15 is 0 Å². The highest BCUT2D eigenvalue weighted by Crippen LogP contribution is 2.23. The minimum absolute atomic E-state index is 0.373. The fourth-order valence-electron chi connectivity index (χ4n) is 4.52. The third kappa shape index (κ3) is 4.56. The van der Waals surface area contributed by atoms with E-state index in [2.05, 4.69) is 26.9 Å². The first-order valence-electron chi connectivity index (χ1n) is 11.5. The number of hydrogen-bond donors (Lipinski definition) is 1. The Bertz CT molecular complexity index is 1470. The molecular weight excluding hydrogens is 468 g/mol. The zero-order valence-electron chi connectivity index (χ0n) is 19.7. The molecule has 4 aromatic rings. The summed E-state index contributed by atoms with van der Waals surface area (Å²) in [5.74, 6) is 1.57. The summed E-state index contributed by atoms with van der Waals surface area (Å²) in [5.41, 5.74) is 1.87. The number of hydrogen-bond acceptors (Lipinski definition) is 6. The standard InChI is InChI=1S/C25H27ClN6O3/c1-29-23-22(24(33)28-25(29)34)32(15-17-5-3-4-6-20(17)26)21(27-23)16-30-11-13-31(14-12-30)18-7-9-19(35-2)10-8-18/h3-10H,11-16H2,1-2H3,(H,28,33,34). The SMILES string of the molecule is COc1ccc(N2CCN(Cc3nc4c(c(=O)[nH]c(=O)n4C)n3Cc3ccccc3Cl)CC2)cc1. The first-order chi connectivity index (χ1) is 16.9. The molecule has 182 valence electrons. The monoisotopic (exact) mass is 494 g/mol. The van der Waals surface area contributed by atoms with Crippen LogP contribution in [0.1, 0.15) is 11.4 Å². The van der Waals surface area contributed by atoms with Gasteiger partial charge >= 0.3 is 5.69 Å². The van der Waals surface area contributed by atoms with Crippen molar-refractivity contribution in [3.63, 3.8) is 0 Å². The third-order valence-electron chi connectivity index (χ3n) is 6.55. The summed E-state index contributed by atoms with van der Waals surface area (Å²) < 4.78 is 8.52. The quantitative estimate of drug-likeness (QED) is 0.443. The van der Waals surface area contributed by atoms with Gasteiger partial charge in [0.25, 0.3) is 5.56 Å². The molecule has 0 spiro atoms.